The van der Waals surface area contributed by atoms with Crippen LogP contribution in [0, 0.1) is 0 Å². The molecule has 1 aliphatic heterocycles. The largest absolute Gasteiger partial charge is 0.352 e. The lowest BCUT2D eigenvalue weighted by atomic mass is 10.0. The van der Waals surface area contributed by atoms with Crippen molar-refractivity contribution in [1.29, 1.82) is 0 Å². The van der Waals surface area contributed by atoms with E-state index in [9.17, 15) is 9.59 Å². The molecule has 5 nitrogen and oxygen atoms in total. The van der Waals surface area contributed by atoms with Gasteiger partial charge in [-0.3, -0.25) is 4.79 Å². The number of rotatable bonds is 1. The summed E-state index contributed by atoms with van der Waals surface area (Å²) >= 11 is 0. The average Bonchev–Trinajstić information content (AvgIpc) is 2.38. The van der Waals surface area contributed by atoms with Gasteiger partial charge in [0.25, 0.3) is 0 Å². The minimum Gasteiger partial charge on any atom is -0.352 e. The van der Waals surface area contributed by atoms with Gasteiger partial charge in [0, 0.05) is 27.2 Å². The quantitative estimate of drug-likeness (QED) is 0.799. The van der Waals surface area contributed by atoms with Crippen molar-refractivity contribution in [2.24, 2.45) is 0 Å². The number of amides is 3. The Balaban J connectivity index is 2.32. The van der Waals surface area contributed by atoms with E-state index in [1.165, 1.54) is 4.90 Å². The zero-order valence-corrected chi connectivity index (χ0v) is 10.6. The molecule has 1 heterocycles. The van der Waals surface area contributed by atoms with Crippen LogP contribution in [0.15, 0.2) is 30.3 Å². The summed E-state index contributed by atoms with van der Waals surface area (Å²) in [5.41, 5.74) is 0.838. The van der Waals surface area contributed by atoms with Crippen molar-refractivity contribution in [3.8, 4) is 0 Å². The Morgan fingerprint density at radius 1 is 1.33 bits per heavy atom. The van der Waals surface area contributed by atoms with Gasteiger partial charge in [0.1, 0.15) is 6.04 Å². The number of hydrogen-bond acceptors (Lipinski definition) is 2. The highest BCUT2D eigenvalue weighted by molar-refractivity contribution is 5.89. The summed E-state index contributed by atoms with van der Waals surface area (Å²) in [6, 6.07) is 8.69. The van der Waals surface area contributed by atoms with Crippen LogP contribution >= 0.6 is 0 Å². The molecular weight excluding hydrogens is 230 g/mol. The monoisotopic (exact) mass is 247 g/mol. The predicted molar refractivity (Wildman–Crippen MR) is 68.0 cm³/mol. The Morgan fingerprint density at radius 2 is 2.00 bits per heavy atom. The number of carbonyl (C=O) groups excluding carboxylic acids is 2. The van der Waals surface area contributed by atoms with E-state index in [4.69, 9.17) is 0 Å². The summed E-state index contributed by atoms with van der Waals surface area (Å²) in [5.74, 6) is -0.123. The van der Waals surface area contributed by atoms with Crippen LogP contribution in [0.4, 0.5) is 4.79 Å². The van der Waals surface area contributed by atoms with Crippen LogP contribution in [-0.4, -0.2) is 48.9 Å². The first-order valence-corrected chi connectivity index (χ1v) is 5.92. The van der Waals surface area contributed by atoms with Gasteiger partial charge >= 0.3 is 6.03 Å². The van der Waals surface area contributed by atoms with Gasteiger partial charge < -0.3 is 15.1 Å². The molecule has 0 radical (unpaired) electrons. The lowest BCUT2D eigenvalue weighted by Gasteiger charge is -2.36. The Labute approximate surface area is 106 Å². The molecule has 1 aliphatic rings. The molecule has 1 saturated heterocycles. The second-order valence-electron chi connectivity index (χ2n) is 4.47. The molecule has 18 heavy (non-hydrogen) atoms. The summed E-state index contributed by atoms with van der Waals surface area (Å²) in [5, 5.41) is 2.80. The van der Waals surface area contributed by atoms with Crippen molar-refractivity contribution in [2.75, 3.05) is 27.2 Å². The van der Waals surface area contributed by atoms with Crippen LogP contribution in [0.5, 0.6) is 0 Å². The molecule has 1 aromatic carbocycles. The molecule has 2 rings (SSSR count). The third-order valence-corrected chi connectivity index (χ3v) is 2.96. The van der Waals surface area contributed by atoms with E-state index in [0.717, 1.165) is 5.56 Å². The van der Waals surface area contributed by atoms with Crippen molar-refractivity contribution in [3.05, 3.63) is 35.9 Å². The normalized spacial score (nSPS) is 19.3. The molecule has 1 N–H and O–H groups in total. The average molecular weight is 247 g/mol. The van der Waals surface area contributed by atoms with Crippen LogP contribution in [0.1, 0.15) is 11.6 Å². The number of nitrogens with one attached hydrogen (secondary N) is 1. The first kappa shape index (κ1) is 12.4. The van der Waals surface area contributed by atoms with Gasteiger partial charge in [0.2, 0.25) is 5.91 Å². The van der Waals surface area contributed by atoms with E-state index in [-0.39, 0.29) is 11.9 Å². The van der Waals surface area contributed by atoms with Crippen LogP contribution in [0.25, 0.3) is 0 Å². The van der Waals surface area contributed by atoms with Gasteiger partial charge in [-0.15, -0.1) is 0 Å². The molecule has 0 bridgehead atoms. The zero-order valence-electron chi connectivity index (χ0n) is 10.6. The fraction of sp³-hybridized carbons (Fsp3) is 0.385. The summed E-state index contributed by atoms with van der Waals surface area (Å²) in [6.07, 6.45) is 0. The number of nitrogens with zero attached hydrogens (tertiary/aromatic N) is 2. The van der Waals surface area contributed by atoms with E-state index in [1.807, 2.05) is 30.3 Å². The smallest absolute Gasteiger partial charge is 0.320 e. The van der Waals surface area contributed by atoms with E-state index in [1.54, 1.807) is 19.0 Å². The first-order chi connectivity index (χ1) is 8.61. The van der Waals surface area contributed by atoms with Crippen LogP contribution < -0.4 is 5.32 Å². The standard InChI is InChI=1S/C13H17N3O2/c1-15(2)13(18)16-9-8-14-12(17)11(16)10-6-4-3-5-7-10/h3-7,11H,8-9H2,1-2H3,(H,14,17). The van der Waals surface area contributed by atoms with Gasteiger partial charge in [-0.25, -0.2) is 4.79 Å². The summed E-state index contributed by atoms with van der Waals surface area (Å²) < 4.78 is 0. The lowest BCUT2D eigenvalue weighted by Crippen LogP contribution is -2.54. The van der Waals surface area contributed by atoms with Gasteiger partial charge in [0.05, 0.1) is 0 Å². The second kappa shape index (κ2) is 5.08. The molecule has 1 fully saturated rings. The summed E-state index contributed by atoms with van der Waals surface area (Å²) in [4.78, 5) is 27.2. The molecular formula is C13H17N3O2. The fourth-order valence-electron chi connectivity index (χ4n) is 2.10. The lowest BCUT2D eigenvalue weighted by molar-refractivity contribution is -0.128. The van der Waals surface area contributed by atoms with E-state index < -0.39 is 6.04 Å². The maximum Gasteiger partial charge on any atom is 0.320 e. The molecule has 0 spiro atoms. The van der Waals surface area contributed by atoms with Crippen molar-refractivity contribution < 1.29 is 9.59 Å². The highest BCUT2D eigenvalue weighted by Gasteiger charge is 2.34. The SMILES string of the molecule is CN(C)C(=O)N1CCNC(=O)C1c1ccccc1. The summed E-state index contributed by atoms with van der Waals surface area (Å²) in [7, 11) is 3.38. The highest BCUT2D eigenvalue weighted by atomic mass is 16.2. The highest BCUT2D eigenvalue weighted by Crippen LogP contribution is 2.23. The van der Waals surface area contributed by atoms with Crippen LogP contribution in [-0.2, 0) is 4.79 Å². The van der Waals surface area contributed by atoms with Crippen LogP contribution in [0.3, 0.4) is 0 Å². The molecule has 1 unspecified atom stereocenters. The van der Waals surface area contributed by atoms with Gasteiger partial charge in [-0.05, 0) is 5.56 Å². The van der Waals surface area contributed by atoms with Crippen molar-refractivity contribution in [2.45, 2.75) is 6.04 Å². The molecule has 5 heteroatoms. The molecule has 0 aliphatic carbocycles. The van der Waals surface area contributed by atoms with Gasteiger partial charge in [-0.2, -0.15) is 0 Å². The molecule has 1 atom stereocenters. The van der Waals surface area contributed by atoms with Crippen LogP contribution in [0.2, 0.25) is 0 Å². The van der Waals surface area contributed by atoms with Crippen molar-refractivity contribution in [3.63, 3.8) is 0 Å². The third-order valence-electron chi connectivity index (χ3n) is 2.96. The number of piperazine rings is 1. The fourth-order valence-corrected chi connectivity index (χ4v) is 2.10. The van der Waals surface area contributed by atoms with Gasteiger partial charge in [-0.1, -0.05) is 30.3 Å². The number of benzene rings is 1. The number of carbonyl (C=O) groups is 2. The number of urea groups is 1. The van der Waals surface area contributed by atoms with E-state index in [2.05, 4.69) is 5.32 Å². The maximum atomic E-state index is 12.1. The minimum atomic E-state index is -0.533. The minimum absolute atomic E-state index is 0.123. The van der Waals surface area contributed by atoms with Gasteiger partial charge in [0.15, 0.2) is 0 Å². The Morgan fingerprint density at radius 3 is 2.61 bits per heavy atom. The molecule has 0 aromatic heterocycles. The third kappa shape index (κ3) is 2.30. The maximum absolute atomic E-state index is 12.1. The van der Waals surface area contributed by atoms with Crippen molar-refractivity contribution >= 4 is 11.9 Å². The molecule has 0 saturated carbocycles. The molecule has 96 valence electrons. The topological polar surface area (TPSA) is 52.7 Å². The molecule has 1 aromatic rings. The predicted octanol–water partition coefficient (Wildman–Crippen LogP) is 0.841. The van der Waals surface area contributed by atoms with E-state index in [0.29, 0.717) is 13.1 Å². The summed E-state index contributed by atoms with van der Waals surface area (Å²) in [6.45, 7) is 1.03. The Bertz CT molecular complexity index is 445. The second-order valence-corrected chi connectivity index (χ2v) is 4.47. The number of hydrogen-bond donors (Lipinski definition) is 1. The first-order valence-electron chi connectivity index (χ1n) is 5.92. The zero-order chi connectivity index (χ0) is 13.1. The van der Waals surface area contributed by atoms with Crippen molar-refractivity contribution in [1.82, 2.24) is 15.1 Å². The van der Waals surface area contributed by atoms with E-state index >= 15 is 0 Å². The Hall–Kier alpha value is -2.04. The molecule has 3 amide bonds. The Kier molecular flexibility index (Phi) is 3.50.